The van der Waals surface area contributed by atoms with Gasteiger partial charge in [0, 0.05) is 11.9 Å². The molecule has 0 aliphatic carbocycles. The van der Waals surface area contributed by atoms with Gasteiger partial charge in [0.1, 0.15) is 5.56 Å². The van der Waals surface area contributed by atoms with E-state index in [-0.39, 0.29) is 12.1 Å². The second-order valence-corrected chi connectivity index (χ2v) is 5.71. The first-order valence-corrected chi connectivity index (χ1v) is 8.08. The first kappa shape index (κ1) is 15.8. The number of carbonyl (C=O) groups is 1. The standard InChI is InChI=1S/C19H15N5O2/c25-18(20-12-17-23-22-16-8-4-5-11-24(16)17)14-9-10-15(21-19(14)26)13-6-2-1-3-7-13/h1-11H,12H2,(H,20,25)(H,21,26). The first-order valence-electron chi connectivity index (χ1n) is 8.08. The zero-order chi connectivity index (χ0) is 17.9. The zero-order valence-corrected chi connectivity index (χ0v) is 13.7. The molecule has 0 atom stereocenters. The van der Waals surface area contributed by atoms with Crippen molar-refractivity contribution < 1.29 is 4.79 Å². The van der Waals surface area contributed by atoms with Gasteiger partial charge in [-0.25, -0.2) is 0 Å². The maximum Gasteiger partial charge on any atom is 0.261 e. The van der Waals surface area contributed by atoms with Crippen molar-refractivity contribution in [2.24, 2.45) is 0 Å². The van der Waals surface area contributed by atoms with Crippen LogP contribution in [0.3, 0.4) is 0 Å². The Bertz CT molecular complexity index is 1130. The number of hydrogen-bond donors (Lipinski definition) is 2. The average Bonchev–Trinajstić information content (AvgIpc) is 3.10. The molecule has 0 aliphatic rings. The summed E-state index contributed by atoms with van der Waals surface area (Å²) in [6.07, 6.45) is 1.82. The minimum Gasteiger partial charge on any atom is -0.345 e. The van der Waals surface area contributed by atoms with Gasteiger partial charge in [-0.3, -0.25) is 14.0 Å². The van der Waals surface area contributed by atoms with Crippen LogP contribution >= 0.6 is 0 Å². The molecule has 3 heterocycles. The molecule has 7 nitrogen and oxygen atoms in total. The number of hydrogen-bond acceptors (Lipinski definition) is 4. The highest BCUT2D eigenvalue weighted by atomic mass is 16.2. The van der Waals surface area contributed by atoms with Gasteiger partial charge < -0.3 is 10.3 Å². The number of H-pyrrole nitrogens is 1. The minimum atomic E-state index is -0.460. The first-order chi connectivity index (χ1) is 12.7. The summed E-state index contributed by atoms with van der Waals surface area (Å²) in [4.78, 5) is 27.4. The predicted molar refractivity (Wildman–Crippen MR) is 96.7 cm³/mol. The molecule has 1 aromatic carbocycles. The Morgan fingerprint density at radius 3 is 2.62 bits per heavy atom. The van der Waals surface area contributed by atoms with E-state index in [1.54, 1.807) is 10.5 Å². The Morgan fingerprint density at radius 2 is 1.81 bits per heavy atom. The van der Waals surface area contributed by atoms with Crippen LogP contribution in [0.1, 0.15) is 16.2 Å². The van der Waals surface area contributed by atoms with Gasteiger partial charge >= 0.3 is 0 Å². The van der Waals surface area contributed by atoms with E-state index in [4.69, 9.17) is 0 Å². The molecule has 4 rings (SSSR count). The number of carbonyl (C=O) groups excluding carboxylic acids is 1. The summed E-state index contributed by atoms with van der Waals surface area (Å²) in [6.45, 7) is 0.171. The number of rotatable bonds is 4. The second kappa shape index (κ2) is 6.64. The lowest BCUT2D eigenvalue weighted by Crippen LogP contribution is -2.29. The zero-order valence-electron chi connectivity index (χ0n) is 13.7. The largest absolute Gasteiger partial charge is 0.345 e. The van der Waals surface area contributed by atoms with Gasteiger partial charge in [0.15, 0.2) is 11.5 Å². The Hall–Kier alpha value is -3.74. The van der Waals surface area contributed by atoms with Crippen molar-refractivity contribution in [1.29, 1.82) is 0 Å². The lowest BCUT2D eigenvalue weighted by atomic mass is 10.1. The lowest BCUT2D eigenvalue weighted by molar-refractivity contribution is 0.0948. The van der Waals surface area contributed by atoms with E-state index in [1.165, 1.54) is 6.07 Å². The summed E-state index contributed by atoms with van der Waals surface area (Å²) in [5.41, 5.74) is 1.86. The molecule has 3 aromatic heterocycles. The Morgan fingerprint density at radius 1 is 1.00 bits per heavy atom. The maximum absolute atomic E-state index is 12.4. The Labute approximate surface area is 148 Å². The van der Waals surface area contributed by atoms with Crippen LogP contribution in [0, 0.1) is 0 Å². The van der Waals surface area contributed by atoms with Crippen LogP contribution in [0.4, 0.5) is 0 Å². The summed E-state index contributed by atoms with van der Waals surface area (Å²) < 4.78 is 1.78. The topological polar surface area (TPSA) is 92.2 Å². The number of nitrogens with one attached hydrogen (secondary N) is 2. The molecule has 7 heteroatoms. The predicted octanol–water partition coefficient (Wildman–Crippen LogP) is 2.01. The van der Waals surface area contributed by atoms with Gasteiger partial charge in [0.05, 0.1) is 6.54 Å². The van der Waals surface area contributed by atoms with Gasteiger partial charge in [0.2, 0.25) is 0 Å². The van der Waals surface area contributed by atoms with Crippen LogP contribution in [-0.2, 0) is 6.54 Å². The molecule has 0 spiro atoms. The Kier molecular flexibility index (Phi) is 4.03. The van der Waals surface area contributed by atoms with Crippen molar-refractivity contribution in [2.75, 3.05) is 0 Å². The van der Waals surface area contributed by atoms with Crippen molar-refractivity contribution >= 4 is 11.6 Å². The number of amides is 1. The number of nitrogens with zero attached hydrogens (tertiary/aromatic N) is 3. The molecule has 0 saturated carbocycles. The second-order valence-electron chi connectivity index (χ2n) is 5.71. The highest BCUT2D eigenvalue weighted by Gasteiger charge is 2.13. The summed E-state index contributed by atoms with van der Waals surface area (Å²) in [5, 5.41) is 10.8. The van der Waals surface area contributed by atoms with Gasteiger partial charge in [-0.15, -0.1) is 10.2 Å². The molecule has 0 radical (unpaired) electrons. The summed E-state index contributed by atoms with van der Waals surface area (Å²) in [5.74, 6) is 0.129. The quantitative estimate of drug-likeness (QED) is 0.592. The molecule has 26 heavy (non-hydrogen) atoms. The van der Waals surface area contributed by atoms with Crippen LogP contribution in [0.15, 0.2) is 71.7 Å². The van der Waals surface area contributed by atoms with Gasteiger partial charge in [-0.05, 0) is 29.8 Å². The van der Waals surface area contributed by atoms with Crippen molar-refractivity contribution in [3.05, 3.63) is 88.6 Å². The summed E-state index contributed by atoms with van der Waals surface area (Å²) in [6, 6.07) is 18.2. The third-order valence-electron chi connectivity index (χ3n) is 4.03. The molecule has 0 bridgehead atoms. The van der Waals surface area contributed by atoms with Crippen LogP contribution in [0.5, 0.6) is 0 Å². The minimum absolute atomic E-state index is 0.0542. The molecule has 0 saturated heterocycles. The number of pyridine rings is 2. The van der Waals surface area contributed by atoms with Crippen LogP contribution in [-0.4, -0.2) is 25.5 Å². The van der Waals surface area contributed by atoms with E-state index in [2.05, 4.69) is 20.5 Å². The number of aromatic amines is 1. The van der Waals surface area contributed by atoms with E-state index < -0.39 is 11.5 Å². The highest BCUT2D eigenvalue weighted by molar-refractivity contribution is 5.94. The van der Waals surface area contributed by atoms with Gasteiger partial charge in [0.25, 0.3) is 11.5 Å². The van der Waals surface area contributed by atoms with Crippen molar-refractivity contribution in [3.8, 4) is 11.3 Å². The average molecular weight is 345 g/mol. The van der Waals surface area contributed by atoms with E-state index in [1.807, 2.05) is 54.7 Å². The third kappa shape index (κ3) is 2.98. The van der Waals surface area contributed by atoms with Crippen LogP contribution < -0.4 is 10.9 Å². The van der Waals surface area contributed by atoms with Gasteiger partial charge in [-0.2, -0.15) is 0 Å². The molecule has 0 fully saturated rings. The number of fused-ring (bicyclic) bond motifs is 1. The number of benzene rings is 1. The molecular formula is C19H15N5O2. The van der Waals surface area contributed by atoms with Gasteiger partial charge in [-0.1, -0.05) is 36.4 Å². The Balaban J connectivity index is 1.52. The van der Waals surface area contributed by atoms with E-state index in [9.17, 15) is 9.59 Å². The van der Waals surface area contributed by atoms with E-state index >= 15 is 0 Å². The SMILES string of the molecule is O=C(NCc1nnc2ccccn12)c1ccc(-c2ccccc2)[nH]c1=O. The fourth-order valence-electron chi connectivity index (χ4n) is 2.70. The molecule has 2 N–H and O–H groups in total. The summed E-state index contributed by atoms with van der Waals surface area (Å²) in [7, 11) is 0. The smallest absolute Gasteiger partial charge is 0.261 e. The van der Waals surface area contributed by atoms with Crippen LogP contribution in [0.25, 0.3) is 16.9 Å². The van der Waals surface area contributed by atoms with Crippen LogP contribution in [0.2, 0.25) is 0 Å². The highest BCUT2D eigenvalue weighted by Crippen LogP contribution is 2.14. The molecule has 0 unspecified atom stereocenters. The number of aromatic nitrogens is 4. The van der Waals surface area contributed by atoms with E-state index in [0.29, 0.717) is 17.2 Å². The monoisotopic (exact) mass is 345 g/mol. The van der Waals surface area contributed by atoms with Crippen molar-refractivity contribution in [1.82, 2.24) is 24.9 Å². The van der Waals surface area contributed by atoms with Crippen molar-refractivity contribution in [2.45, 2.75) is 6.54 Å². The fraction of sp³-hybridized carbons (Fsp3) is 0.0526. The molecule has 0 aliphatic heterocycles. The molecule has 128 valence electrons. The normalized spacial score (nSPS) is 10.8. The summed E-state index contributed by atoms with van der Waals surface area (Å²) >= 11 is 0. The fourth-order valence-corrected chi connectivity index (χ4v) is 2.70. The lowest BCUT2D eigenvalue weighted by Gasteiger charge is -2.06. The molecular weight excluding hydrogens is 330 g/mol. The van der Waals surface area contributed by atoms with E-state index in [0.717, 1.165) is 5.56 Å². The maximum atomic E-state index is 12.4. The molecule has 1 amide bonds. The third-order valence-corrected chi connectivity index (χ3v) is 4.03. The van der Waals surface area contributed by atoms with Crippen molar-refractivity contribution in [3.63, 3.8) is 0 Å². The molecule has 4 aromatic rings.